The lowest BCUT2D eigenvalue weighted by Crippen LogP contribution is -2.29. The van der Waals surface area contributed by atoms with Crippen molar-refractivity contribution in [3.05, 3.63) is 53.1 Å². The fourth-order valence-electron chi connectivity index (χ4n) is 2.35. The van der Waals surface area contributed by atoms with Gasteiger partial charge in [0.2, 0.25) is 0 Å². The number of sulfonamides is 1. The Kier molecular flexibility index (Phi) is 3.11. The molecule has 6 heteroatoms. The molecule has 2 aromatic rings. The first kappa shape index (κ1) is 13.3. The normalized spacial score (nSPS) is 14.3. The van der Waals surface area contributed by atoms with Crippen LogP contribution in [0.1, 0.15) is 5.56 Å². The number of nitrogens with zero attached hydrogens (tertiary/aromatic N) is 1. The molecule has 0 atom stereocenters. The molecule has 0 aromatic heterocycles. The van der Waals surface area contributed by atoms with Gasteiger partial charge >= 0.3 is 0 Å². The summed E-state index contributed by atoms with van der Waals surface area (Å²) >= 11 is 5.92. The standard InChI is InChI=1S/C14H13ClN2O2S/c15-12-9-11(5-6-13(12)16)20(18,19)17-8-7-10-3-1-2-4-14(10)17/h1-6,9H,7-8,16H2. The Labute approximate surface area is 122 Å². The SMILES string of the molecule is Nc1ccc(S(=O)(=O)N2CCc3ccccc32)cc1Cl. The second kappa shape index (κ2) is 4.68. The van der Waals surface area contributed by atoms with Gasteiger partial charge in [-0.05, 0) is 36.2 Å². The Balaban J connectivity index is 2.07. The summed E-state index contributed by atoms with van der Waals surface area (Å²) in [5.74, 6) is 0. The number of rotatable bonds is 2. The number of fused-ring (bicyclic) bond motifs is 1. The van der Waals surface area contributed by atoms with E-state index in [2.05, 4.69) is 0 Å². The van der Waals surface area contributed by atoms with Crippen molar-refractivity contribution in [2.75, 3.05) is 16.6 Å². The molecule has 0 saturated carbocycles. The maximum absolute atomic E-state index is 12.7. The Morgan fingerprint density at radius 1 is 1.15 bits per heavy atom. The molecule has 2 N–H and O–H groups in total. The predicted octanol–water partition coefficient (Wildman–Crippen LogP) is 2.67. The van der Waals surface area contributed by atoms with Gasteiger partial charge in [-0.1, -0.05) is 29.8 Å². The number of benzene rings is 2. The van der Waals surface area contributed by atoms with Crippen LogP contribution >= 0.6 is 11.6 Å². The number of anilines is 2. The molecule has 0 radical (unpaired) electrons. The van der Waals surface area contributed by atoms with Gasteiger partial charge in [0, 0.05) is 6.54 Å². The molecule has 4 nitrogen and oxygen atoms in total. The number of halogens is 1. The average molecular weight is 309 g/mol. The average Bonchev–Trinajstić information content (AvgIpc) is 2.86. The summed E-state index contributed by atoms with van der Waals surface area (Å²) in [6.45, 7) is 0.448. The number of hydrogen-bond donors (Lipinski definition) is 1. The largest absolute Gasteiger partial charge is 0.398 e. The maximum Gasteiger partial charge on any atom is 0.264 e. The van der Waals surface area contributed by atoms with Crippen LogP contribution in [-0.2, 0) is 16.4 Å². The third-order valence-corrected chi connectivity index (χ3v) is 5.54. The van der Waals surface area contributed by atoms with E-state index >= 15 is 0 Å². The Morgan fingerprint density at radius 2 is 1.90 bits per heavy atom. The smallest absolute Gasteiger partial charge is 0.264 e. The number of nitrogens with two attached hydrogens (primary N) is 1. The van der Waals surface area contributed by atoms with Crippen molar-refractivity contribution >= 4 is 33.0 Å². The summed E-state index contributed by atoms with van der Waals surface area (Å²) in [6.07, 6.45) is 0.720. The van der Waals surface area contributed by atoms with Crippen LogP contribution in [0.5, 0.6) is 0 Å². The van der Waals surface area contributed by atoms with Crippen LogP contribution in [0.3, 0.4) is 0 Å². The first-order valence-electron chi connectivity index (χ1n) is 6.16. The highest BCUT2D eigenvalue weighted by Gasteiger charge is 2.30. The van der Waals surface area contributed by atoms with Crippen LogP contribution < -0.4 is 10.0 Å². The van der Waals surface area contributed by atoms with Gasteiger partial charge in [-0.15, -0.1) is 0 Å². The van der Waals surface area contributed by atoms with E-state index in [1.54, 1.807) is 0 Å². The fraction of sp³-hybridized carbons (Fsp3) is 0.143. The van der Waals surface area contributed by atoms with Crippen LogP contribution in [0.4, 0.5) is 11.4 Å². The molecule has 0 unspecified atom stereocenters. The van der Waals surface area contributed by atoms with Gasteiger partial charge in [-0.25, -0.2) is 8.42 Å². The highest BCUT2D eigenvalue weighted by atomic mass is 35.5. The van der Waals surface area contributed by atoms with E-state index in [0.29, 0.717) is 12.2 Å². The molecule has 2 aromatic carbocycles. The van der Waals surface area contributed by atoms with E-state index in [-0.39, 0.29) is 9.92 Å². The van der Waals surface area contributed by atoms with Gasteiger partial charge in [-0.2, -0.15) is 0 Å². The van der Waals surface area contributed by atoms with Gasteiger partial charge in [0.05, 0.1) is 21.3 Å². The first-order valence-corrected chi connectivity index (χ1v) is 7.97. The van der Waals surface area contributed by atoms with Crippen LogP contribution in [0, 0.1) is 0 Å². The van der Waals surface area contributed by atoms with Gasteiger partial charge in [-0.3, -0.25) is 4.31 Å². The van der Waals surface area contributed by atoms with Crippen LogP contribution in [-0.4, -0.2) is 15.0 Å². The second-order valence-corrected chi connectivity index (χ2v) is 6.91. The summed E-state index contributed by atoms with van der Waals surface area (Å²) in [6, 6.07) is 11.9. The summed E-state index contributed by atoms with van der Waals surface area (Å²) in [4.78, 5) is 0.161. The van der Waals surface area contributed by atoms with Crippen molar-refractivity contribution in [3.8, 4) is 0 Å². The van der Waals surface area contributed by atoms with Gasteiger partial charge in [0.1, 0.15) is 0 Å². The second-order valence-electron chi connectivity index (χ2n) is 4.64. The lowest BCUT2D eigenvalue weighted by Gasteiger charge is -2.19. The van der Waals surface area contributed by atoms with E-state index in [4.69, 9.17) is 17.3 Å². The minimum atomic E-state index is -3.60. The summed E-state index contributed by atoms with van der Waals surface area (Å²) in [5.41, 5.74) is 7.77. The molecular formula is C14H13ClN2O2S. The lowest BCUT2D eigenvalue weighted by atomic mass is 10.2. The monoisotopic (exact) mass is 308 g/mol. The highest BCUT2D eigenvalue weighted by molar-refractivity contribution is 7.92. The van der Waals surface area contributed by atoms with E-state index in [9.17, 15) is 8.42 Å². The molecule has 3 rings (SSSR count). The minimum Gasteiger partial charge on any atom is -0.398 e. The summed E-state index contributed by atoms with van der Waals surface area (Å²) < 4.78 is 26.8. The van der Waals surface area contributed by atoms with Crippen molar-refractivity contribution < 1.29 is 8.42 Å². The highest BCUT2D eigenvalue weighted by Crippen LogP contribution is 2.33. The quantitative estimate of drug-likeness (QED) is 0.868. The lowest BCUT2D eigenvalue weighted by molar-refractivity contribution is 0.592. The summed E-state index contributed by atoms with van der Waals surface area (Å²) in [7, 11) is -3.60. The van der Waals surface area contributed by atoms with E-state index in [1.807, 2.05) is 24.3 Å². The molecule has 20 heavy (non-hydrogen) atoms. The number of nitrogen functional groups attached to an aromatic ring is 1. The molecule has 104 valence electrons. The van der Waals surface area contributed by atoms with E-state index in [1.165, 1.54) is 22.5 Å². The Bertz CT molecular complexity index is 774. The van der Waals surface area contributed by atoms with Gasteiger partial charge in [0.25, 0.3) is 10.0 Å². The molecule has 0 fully saturated rings. The van der Waals surface area contributed by atoms with Gasteiger partial charge in [0.15, 0.2) is 0 Å². The molecule has 1 aliphatic rings. The third-order valence-electron chi connectivity index (χ3n) is 3.40. The molecule has 0 saturated heterocycles. The zero-order valence-corrected chi connectivity index (χ0v) is 12.2. The summed E-state index contributed by atoms with van der Waals surface area (Å²) in [5, 5.41) is 0.249. The number of para-hydroxylation sites is 1. The molecule has 0 amide bonds. The number of hydrogen-bond acceptors (Lipinski definition) is 3. The Morgan fingerprint density at radius 3 is 2.65 bits per heavy atom. The van der Waals surface area contributed by atoms with E-state index < -0.39 is 10.0 Å². The minimum absolute atomic E-state index is 0.161. The van der Waals surface area contributed by atoms with Crippen molar-refractivity contribution in [1.82, 2.24) is 0 Å². The molecule has 0 aliphatic carbocycles. The fourth-order valence-corrected chi connectivity index (χ4v) is 4.13. The molecule has 1 aliphatic heterocycles. The Hall–Kier alpha value is -1.72. The van der Waals surface area contributed by atoms with Crippen molar-refractivity contribution in [3.63, 3.8) is 0 Å². The van der Waals surface area contributed by atoms with Gasteiger partial charge < -0.3 is 5.73 Å². The predicted molar refractivity (Wildman–Crippen MR) is 80.5 cm³/mol. The van der Waals surface area contributed by atoms with E-state index in [0.717, 1.165) is 17.7 Å². The zero-order valence-electron chi connectivity index (χ0n) is 10.6. The van der Waals surface area contributed by atoms with Crippen LogP contribution in [0.15, 0.2) is 47.4 Å². The topological polar surface area (TPSA) is 63.4 Å². The third kappa shape index (κ3) is 2.03. The molecule has 1 heterocycles. The molecule has 0 bridgehead atoms. The van der Waals surface area contributed by atoms with Crippen molar-refractivity contribution in [2.24, 2.45) is 0 Å². The van der Waals surface area contributed by atoms with Crippen LogP contribution in [0.2, 0.25) is 5.02 Å². The first-order chi connectivity index (χ1) is 9.50. The van der Waals surface area contributed by atoms with Crippen molar-refractivity contribution in [1.29, 1.82) is 0 Å². The van der Waals surface area contributed by atoms with Crippen molar-refractivity contribution in [2.45, 2.75) is 11.3 Å². The molecule has 0 spiro atoms. The maximum atomic E-state index is 12.7. The zero-order chi connectivity index (χ0) is 14.3. The van der Waals surface area contributed by atoms with Crippen LogP contribution in [0.25, 0.3) is 0 Å². The molecular weight excluding hydrogens is 296 g/mol.